The van der Waals surface area contributed by atoms with Crippen LogP contribution in [0, 0.1) is 5.92 Å². The smallest absolute Gasteiger partial charge is 0.325 e. The summed E-state index contributed by atoms with van der Waals surface area (Å²) in [7, 11) is 0. The van der Waals surface area contributed by atoms with Crippen molar-refractivity contribution in [1.82, 2.24) is 21.3 Å². The molecule has 0 rings (SSSR count). The molecule has 0 heterocycles. The van der Waals surface area contributed by atoms with Gasteiger partial charge in [0.15, 0.2) is 0 Å². The number of carboxylic acids is 1. The molecule has 0 saturated heterocycles. The Morgan fingerprint density at radius 2 is 1.44 bits per heavy atom. The molecule has 0 spiro atoms. The summed E-state index contributed by atoms with van der Waals surface area (Å²) < 4.78 is 0. The molecule has 0 aliphatic carbocycles. The number of nitrogens with two attached hydrogens (primary N) is 1. The minimum Gasteiger partial charge on any atom is -0.480 e. The highest BCUT2D eigenvalue weighted by atomic mass is 16.4. The fourth-order valence-electron chi connectivity index (χ4n) is 2.01. The van der Waals surface area contributed by atoms with Crippen LogP contribution in [-0.4, -0.2) is 65.9 Å². The minimum absolute atomic E-state index is 0.114. The summed E-state index contributed by atoms with van der Waals surface area (Å²) in [4.78, 5) is 58.0. The highest BCUT2D eigenvalue weighted by Crippen LogP contribution is 2.05. The summed E-state index contributed by atoms with van der Waals surface area (Å²) >= 11 is 0. The van der Waals surface area contributed by atoms with Gasteiger partial charge in [-0.25, -0.2) is 0 Å². The zero-order valence-electron chi connectivity index (χ0n) is 16.0. The Labute approximate surface area is 157 Å². The predicted octanol–water partition coefficient (Wildman–Crippen LogP) is -2.31. The molecule has 27 heavy (non-hydrogen) atoms. The molecule has 0 radical (unpaired) electrons. The molecule has 3 atom stereocenters. The van der Waals surface area contributed by atoms with Gasteiger partial charge in [0, 0.05) is 0 Å². The van der Waals surface area contributed by atoms with Crippen LogP contribution in [0.15, 0.2) is 0 Å². The molecule has 0 aromatic carbocycles. The number of amides is 4. The van der Waals surface area contributed by atoms with Crippen molar-refractivity contribution in [3.8, 4) is 0 Å². The first-order valence-electron chi connectivity index (χ1n) is 8.57. The Morgan fingerprint density at radius 1 is 0.852 bits per heavy atom. The third-order valence-electron chi connectivity index (χ3n) is 3.47. The van der Waals surface area contributed by atoms with Crippen LogP contribution in [0.1, 0.15) is 34.1 Å². The van der Waals surface area contributed by atoms with E-state index in [0.717, 1.165) is 0 Å². The second-order valence-corrected chi connectivity index (χ2v) is 6.53. The van der Waals surface area contributed by atoms with E-state index in [2.05, 4.69) is 21.3 Å². The maximum absolute atomic E-state index is 12.3. The third-order valence-corrected chi connectivity index (χ3v) is 3.47. The number of nitrogens with one attached hydrogen (secondary N) is 4. The van der Waals surface area contributed by atoms with Crippen LogP contribution in [0.2, 0.25) is 0 Å². The molecule has 0 aliphatic heterocycles. The number of rotatable bonds is 11. The predicted molar refractivity (Wildman–Crippen MR) is 96.3 cm³/mol. The summed E-state index contributed by atoms with van der Waals surface area (Å²) in [5.74, 6) is -3.43. The van der Waals surface area contributed by atoms with E-state index in [1.807, 2.05) is 13.8 Å². The van der Waals surface area contributed by atoms with Gasteiger partial charge in [-0.3, -0.25) is 24.0 Å². The van der Waals surface area contributed by atoms with Gasteiger partial charge in [-0.2, -0.15) is 0 Å². The van der Waals surface area contributed by atoms with Gasteiger partial charge in [-0.1, -0.05) is 13.8 Å². The number of hydrogen-bond donors (Lipinski definition) is 6. The molecule has 4 amide bonds. The lowest BCUT2D eigenvalue weighted by atomic mass is 10.0. The van der Waals surface area contributed by atoms with Gasteiger partial charge in [-0.05, 0) is 26.2 Å². The summed E-state index contributed by atoms with van der Waals surface area (Å²) in [6.45, 7) is 5.76. The van der Waals surface area contributed by atoms with Crippen LogP contribution >= 0.6 is 0 Å². The minimum atomic E-state index is -1.20. The van der Waals surface area contributed by atoms with Gasteiger partial charge >= 0.3 is 5.97 Å². The van der Waals surface area contributed by atoms with Gasteiger partial charge in [0.05, 0.1) is 13.1 Å². The van der Waals surface area contributed by atoms with E-state index in [9.17, 15) is 24.0 Å². The van der Waals surface area contributed by atoms with E-state index in [1.54, 1.807) is 0 Å². The van der Waals surface area contributed by atoms with E-state index >= 15 is 0 Å². The average Bonchev–Trinajstić information content (AvgIpc) is 2.57. The lowest BCUT2D eigenvalue weighted by Crippen LogP contribution is -2.54. The largest absolute Gasteiger partial charge is 0.480 e. The van der Waals surface area contributed by atoms with Crippen molar-refractivity contribution >= 4 is 29.6 Å². The first-order chi connectivity index (χ1) is 12.5. The topological polar surface area (TPSA) is 180 Å². The van der Waals surface area contributed by atoms with Crippen LogP contribution in [0.3, 0.4) is 0 Å². The Balaban J connectivity index is 4.60. The Hall–Kier alpha value is -2.69. The third kappa shape index (κ3) is 10.1. The van der Waals surface area contributed by atoms with Crippen molar-refractivity contribution in [3.63, 3.8) is 0 Å². The van der Waals surface area contributed by atoms with Crippen LogP contribution in [0.25, 0.3) is 0 Å². The van der Waals surface area contributed by atoms with Crippen molar-refractivity contribution in [2.24, 2.45) is 11.7 Å². The maximum Gasteiger partial charge on any atom is 0.325 e. The van der Waals surface area contributed by atoms with Crippen molar-refractivity contribution in [2.75, 3.05) is 13.1 Å². The molecule has 0 aliphatic rings. The average molecular weight is 387 g/mol. The quantitative estimate of drug-likeness (QED) is 0.230. The monoisotopic (exact) mass is 387 g/mol. The number of carbonyl (C=O) groups is 5. The highest BCUT2D eigenvalue weighted by molar-refractivity contribution is 5.93. The van der Waals surface area contributed by atoms with E-state index in [0.29, 0.717) is 6.42 Å². The van der Waals surface area contributed by atoms with Crippen LogP contribution in [0.4, 0.5) is 0 Å². The molecular weight excluding hydrogens is 358 g/mol. The lowest BCUT2D eigenvalue weighted by Gasteiger charge is -2.22. The molecule has 0 aromatic rings. The molecule has 11 nitrogen and oxygen atoms in total. The van der Waals surface area contributed by atoms with E-state index in [4.69, 9.17) is 10.8 Å². The van der Waals surface area contributed by atoms with Crippen molar-refractivity contribution in [3.05, 3.63) is 0 Å². The van der Waals surface area contributed by atoms with Crippen LogP contribution in [-0.2, 0) is 24.0 Å². The molecular formula is C16H29N5O6. The van der Waals surface area contributed by atoms with Gasteiger partial charge in [0.1, 0.15) is 18.1 Å². The zero-order valence-corrected chi connectivity index (χ0v) is 16.0. The van der Waals surface area contributed by atoms with Gasteiger partial charge < -0.3 is 32.1 Å². The first-order valence-corrected chi connectivity index (χ1v) is 8.57. The molecule has 0 saturated carbocycles. The molecule has 0 bridgehead atoms. The van der Waals surface area contributed by atoms with E-state index < -0.39 is 54.3 Å². The van der Waals surface area contributed by atoms with Crippen molar-refractivity contribution in [2.45, 2.75) is 52.2 Å². The summed E-state index contributed by atoms with van der Waals surface area (Å²) in [6.07, 6.45) is 0.362. The maximum atomic E-state index is 12.3. The number of hydrogen-bond acceptors (Lipinski definition) is 6. The molecule has 154 valence electrons. The van der Waals surface area contributed by atoms with Crippen LogP contribution in [0.5, 0.6) is 0 Å². The first kappa shape index (κ1) is 24.3. The number of carbonyl (C=O) groups excluding carboxylic acids is 4. The molecule has 11 heteroatoms. The zero-order chi connectivity index (χ0) is 21.1. The van der Waals surface area contributed by atoms with Crippen molar-refractivity contribution in [1.29, 1.82) is 0 Å². The normalized spacial score (nSPS) is 13.9. The van der Waals surface area contributed by atoms with Gasteiger partial charge in [0.25, 0.3) is 0 Å². The Morgan fingerprint density at radius 3 is 1.93 bits per heavy atom. The van der Waals surface area contributed by atoms with Crippen LogP contribution < -0.4 is 27.0 Å². The second kappa shape index (κ2) is 11.8. The summed E-state index contributed by atoms with van der Waals surface area (Å²) in [5.41, 5.74) is 5.24. The molecule has 0 fully saturated rings. The Kier molecular flexibility index (Phi) is 10.7. The summed E-state index contributed by atoms with van der Waals surface area (Å²) in [5, 5.41) is 18.1. The second-order valence-electron chi connectivity index (χ2n) is 6.53. The molecule has 0 unspecified atom stereocenters. The number of aliphatic carboxylic acids is 1. The summed E-state index contributed by atoms with van der Waals surface area (Å²) in [6, 6.07) is -2.89. The highest BCUT2D eigenvalue weighted by Gasteiger charge is 2.25. The number of carboxylic acid groups (broad SMARTS) is 1. The Bertz CT molecular complexity index is 566. The molecule has 0 aromatic heterocycles. The SMILES string of the molecule is CC(C)C[C@H](NC(=O)CN)C(=O)N[C@@H](C)C(=O)NCC(=O)N[C@@H](C)C(=O)O. The van der Waals surface area contributed by atoms with E-state index in [1.165, 1.54) is 13.8 Å². The lowest BCUT2D eigenvalue weighted by molar-refractivity contribution is -0.141. The fourth-order valence-corrected chi connectivity index (χ4v) is 2.01. The van der Waals surface area contributed by atoms with Crippen molar-refractivity contribution < 1.29 is 29.1 Å². The fraction of sp³-hybridized carbons (Fsp3) is 0.688. The van der Waals surface area contributed by atoms with E-state index in [-0.39, 0.29) is 12.5 Å². The standard InChI is InChI=1S/C16H29N5O6/c1-8(2)5-11(21-12(22)6-17)15(25)20-9(3)14(24)18-7-13(23)19-10(4)16(26)27/h8-11H,5-7,17H2,1-4H3,(H,18,24)(H,19,23)(H,20,25)(H,21,22)(H,26,27)/t9-,10-,11-/m0/s1. The van der Waals surface area contributed by atoms with Gasteiger partial charge in [-0.15, -0.1) is 0 Å². The van der Waals surface area contributed by atoms with Gasteiger partial charge in [0.2, 0.25) is 23.6 Å². The molecule has 7 N–H and O–H groups in total.